The molecule has 0 spiro atoms. The van der Waals surface area contributed by atoms with Gasteiger partial charge in [0.25, 0.3) is 0 Å². The van der Waals surface area contributed by atoms with E-state index >= 15 is 0 Å². The molecule has 0 atom stereocenters. The van der Waals surface area contributed by atoms with E-state index in [2.05, 4.69) is 12.6 Å². The zero-order valence-corrected chi connectivity index (χ0v) is 6.24. The smallest absolute Gasteiger partial charge is 0.216 e. The Morgan fingerprint density at radius 2 is 1.64 bits per heavy atom. The first-order chi connectivity index (χ1) is 5.09. The van der Waals surface area contributed by atoms with Gasteiger partial charge < -0.3 is 0 Å². The molecule has 0 N–H and O–H groups in total. The highest BCUT2D eigenvalue weighted by Gasteiger charge is 2.04. The maximum Gasteiger partial charge on any atom is 0.216 e. The van der Waals surface area contributed by atoms with Crippen LogP contribution in [0.2, 0.25) is 0 Å². The summed E-state index contributed by atoms with van der Waals surface area (Å²) in [5.74, 6) is -1.55. The van der Waals surface area contributed by atoms with Crippen LogP contribution in [0.5, 0.6) is 0 Å². The van der Waals surface area contributed by atoms with Gasteiger partial charge in [0, 0.05) is 11.6 Å². The Morgan fingerprint density at radius 3 is 2.00 bits per heavy atom. The predicted molar refractivity (Wildman–Crippen MR) is 39.7 cm³/mol. The van der Waals surface area contributed by atoms with E-state index in [1.165, 1.54) is 0 Å². The lowest BCUT2D eigenvalue weighted by Gasteiger charge is -1.94. The Morgan fingerprint density at radius 1 is 1.18 bits per heavy atom. The Balaban J connectivity index is 3.19. The Hall–Kier alpha value is -0.900. The minimum Gasteiger partial charge on any atom is -0.282 e. The molecule has 0 aromatic heterocycles. The lowest BCUT2D eigenvalue weighted by atomic mass is 10.2. The summed E-state index contributed by atoms with van der Waals surface area (Å²) in [5.41, 5.74) is -0.0779. The van der Waals surface area contributed by atoms with Gasteiger partial charge in [0.2, 0.25) is 5.12 Å². The number of halogens is 2. The second kappa shape index (κ2) is 3.00. The molecule has 0 aliphatic carbocycles. The standard InChI is InChI=1S/C7H4F2OS/c8-5-1-4(7(10)11)2-6(9)3-5/h1-3H,(H,10,11). The number of hydrogen-bond donors (Lipinski definition) is 1. The minimum atomic E-state index is -0.776. The molecule has 0 saturated heterocycles. The summed E-state index contributed by atoms with van der Waals surface area (Å²) >= 11 is 3.41. The number of carbonyl (C=O) groups excluding carboxylic acids is 1. The van der Waals surface area contributed by atoms with E-state index in [-0.39, 0.29) is 5.56 Å². The highest BCUT2D eigenvalue weighted by atomic mass is 32.1. The van der Waals surface area contributed by atoms with Gasteiger partial charge in [-0.1, -0.05) is 0 Å². The average molecular weight is 174 g/mol. The maximum atomic E-state index is 12.4. The Labute approximate surface area is 67.4 Å². The summed E-state index contributed by atoms with van der Waals surface area (Å²) < 4.78 is 24.7. The van der Waals surface area contributed by atoms with E-state index in [9.17, 15) is 13.6 Å². The summed E-state index contributed by atoms with van der Waals surface area (Å²) in [6.45, 7) is 0. The van der Waals surface area contributed by atoms with Crippen molar-refractivity contribution in [3.05, 3.63) is 35.4 Å². The van der Waals surface area contributed by atoms with Crippen molar-refractivity contribution in [1.82, 2.24) is 0 Å². The normalized spacial score (nSPS) is 9.73. The summed E-state index contributed by atoms with van der Waals surface area (Å²) in [4.78, 5) is 10.5. The first-order valence-corrected chi connectivity index (χ1v) is 3.23. The van der Waals surface area contributed by atoms with E-state index in [1.807, 2.05) is 0 Å². The molecule has 0 aliphatic rings. The van der Waals surface area contributed by atoms with Gasteiger partial charge in [-0.2, -0.15) is 0 Å². The lowest BCUT2D eigenvalue weighted by Crippen LogP contribution is -1.91. The molecule has 58 valence electrons. The molecule has 4 heteroatoms. The van der Waals surface area contributed by atoms with Gasteiger partial charge >= 0.3 is 0 Å². The molecule has 0 unspecified atom stereocenters. The first kappa shape index (κ1) is 8.20. The van der Waals surface area contributed by atoms with E-state index in [4.69, 9.17) is 0 Å². The molecule has 1 rings (SSSR count). The minimum absolute atomic E-state index is 0.0779. The van der Waals surface area contributed by atoms with Crippen LogP contribution in [0.3, 0.4) is 0 Å². The summed E-state index contributed by atoms with van der Waals surface area (Å²) in [5, 5.41) is -0.650. The SMILES string of the molecule is O=C(S)c1cc(F)cc(F)c1. The van der Waals surface area contributed by atoms with Crippen LogP contribution in [0.25, 0.3) is 0 Å². The fourth-order valence-electron chi connectivity index (χ4n) is 0.677. The average Bonchev–Trinajstić information content (AvgIpc) is 1.85. The van der Waals surface area contributed by atoms with Crippen LogP contribution in [-0.4, -0.2) is 5.12 Å². The van der Waals surface area contributed by atoms with Crippen molar-refractivity contribution < 1.29 is 13.6 Å². The molecular weight excluding hydrogens is 170 g/mol. The zero-order valence-electron chi connectivity index (χ0n) is 5.34. The molecule has 11 heavy (non-hydrogen) atoms. The van der Waals surface area contributed by atoms with E-state index in [1.54, 1.807) is 0 Å². The molecule has 0 aliphatic heterocycles. The van der Waals surface area contributed by atoms with Crippen molar-refractivity contribution >= 4 is 17.7 Å². The van der Waals surface area contributed by atoms with Gasteiger partial charge in [0.05, 0.1) is 0 Å². The van der Waals surface area contributed by atoms with Gasteiger partial charge in [-0.25, -0.2) is 8.78 Å². The molecular formula is C7H4F2OS. The van der Waals surface area contributed by atoms with Crippen molar-refractivity contribution in [3.8, 4) is 0 Å². The molecule has 0 fully saturated rings. The van der Waals surface area contributed by atoms with Gasteiger partial charge in [-0.15, -0.1) is 12.6 Å². The Bertz CT molecular complexity index is 278. The molecule has 0 heterocycles. The largest absolute Gasteiger partial charge is 0.282 e. The van der Waals surface area contributed by atoms with Gasteiger partial charge in [-0.3, -0.25) is 4.79 Å². The summed E-state index contributed by atoms with van der Waals surface area (Å²) in [6.07, 6.45) is 0. The third-order valence-electron chi connectivity index (χ3n) is 1.11. The molecule has 0 radical (unpaired) electrons. The highest BCUT2D eigenvalue weighted by molar-refractivity contribution is 7.97. The van der Waals surface area contributed by atoms with Crippen LogP contribution in [0, 0.1) is 11.6 Å². The first-order valence-electron chi connectivity index (χ1n) is 2.79. The van der Waals surface area contributed by atoms with Crippen molar-refractivity contribution in [2.75, 3.05) is 0 Å². The third kappa shape index (κ3) is 2.01. The molecule has 1 nitrogen and oxygen atoms in total. The number of rotatable bonds is 1. The van der Waals surface area contributed by atoms with Crippen LogP contribution in [0.1, 0.15) is 10.4 Å². The van der Waals surface area contributed by atoms with Crippen LogP contribution < -0.4 is 0 Å². The van der Waals surface area contributed by atoms with Crippen molar-refractivity contribution in [2.24, 2.45) is 0 Å². The monoisotopic (exact) mass is 174 g/mol. The van der Waals surface area contributed by atoms with Crippen molar-refractivity contribution in [2.45, 2.75) is 0 Å². The van der Waals surface area contributed by atoms with Crippen LogP contribution >= 0.6 is 12.6 Å². The van der Waals surface area contributed by atoms with Gasteiger partial charge in [0.15, 0.2) is 0 Å². The lowest BCUT2D eigenvalue weighted by molar-refractivity contribution is 0.109. The molecule has 0 bridgehead atoms. The van der Waals surface area contributed by atoms with Crippen molar-refractivity contribution in [3.63, 3.8) is 0 Å². The van der Waals surface area contributed by atoms with Gasteiger partial charge in [-0.05, 0) is 12.1 Å². The van der Waals surface area contributed by atoms with Gasteiger partial charge in [0.1, 0.15) is 11.6 Å². The molecule has 0 amide bonds. The van der Waals surface area contributed by atoms with Crippen molar-refractivity contribution in [1.29, 1.82) is 0 Å². The van der Waals surface area contributed by atoms with Crippen LogP contribution in [-0.2, 0) is 0 Å². The number of thiol groups is 1. The number of benzene rings is 1. The second-order valence-corrected chi connectivity index (χ2v) is 2.37. The van der Waals surface area contributed by atoms with E-state index < -0.39 is 16.7 Å². The molecule has 0 saturated carbocycles. The molecule has 1 aromatic rings. The highest BCUT2D eigenvalue weighted by Crippen LogP contribution is 2.09. The van der Waals surface area contributed by atoms with E-state index in [0.717, 1.165) is 12.1 Å². The van der Waals surface area contributed by atoms with Crippen LogP contribution in [0.15, 0.2) is 18.2 Å². The second-order valence-electron chi connectivity index (χ2n) is 1.96. The Kier molecular flexibility index (Phi) is 2.24. The summed E-state index contributed by atoms with van der Waals surface area (Å²) in [7, 11) is 0. The number of carbonyl (C=O) groups is 1. The summed E-state index contributed by atoms with van der Waals surface area (Å²) in [6, 6.07) is 2.55. The maximum absolute atomic E-state index is 12.4. The molecule has 1 aromatic carbocycles. The third-order valence-corrected chi connectivity index (χ3v) is 1.37. The topological polar surface area (TPSA) is 17.1 Å². The predicted octanol–water partition coefficient (Wildman–Crippen LogP) is 2.03. The zero-order chi connectivity index (χ0) is 8.43. The number of hydrogen-bond acceptors (Lipinski definition) is 1. The van der Waals surface area contributed by atoms with E-state index in [0.29, 0.717) is 6.07 Å². The fraction of sp³-hybridized carbons (Fsp3) is 0. The fourth-order valence-corrected chi connectivity index (χ4v) is 0.806. The van der Waals surface area contributed by atoms with Crippen LogP contribution in [0.4, 0.5) is 8.78 Å². The quantitative estimate of drug-likeness (QED) is 0.644.